The molecule has 0 saturated heterocycles. The number of anilines is 1. The maximum atomic E-state index is 5.68. The lowest BCUT2D eigenvalue weighted by Gasteiger charge is -2.11. The van der Waals surface area contributed by atoms with Gasteiger partial charge in [-0.1, -0.05) is 35.2 Å². The van der Waals surface area contributed by atoms with Gasteiger partial charge in [-0.2, -0.15) is 0 Å². The molecule has 3 aromatic rings. The number of thiazole rings is 1. The number of ether oxygens (including phenoxy) is 1. The van der Waals surface area contributed by atoms with Gasteiger partial charge in [-0.25, -0.2) is 15.0 Å². The Bertz CT molecular complexity index is 775. The van der Waals surface area contributed by atoms with Crippen molar-refractivity contribution in [3.8, 4) is 5.75 Å². The normalized spacial score (nSPS) is 12.5. The van der Waals surface area contributed by atoms with Crippen molar-refractivity contribution >= 4 is 38.6 Å². The number of hydrogen-bond donors (Lipinski definition) is 1. The summed E-state index contributed by atoms with van der Waals surface area (Å²) in [5.74, 6) is 0.851. The summed E-state index contributed by atoms with van der Waals surface area (Å²) < 4.78 is 6.16. The first-order valence-corrected chi connectivity index (χ1v) is 8.05. The van der Waals surface area contributed by atoms with Crippen LogP contribution in [-0.4, -0.2) is 22.1 Å². The lowest BCUT2D eigenvalue weighted by atomic mass is 10.1. The Balaban J connectivity index is 1.83. The highest BCUT2D eigenvalue weighted by Crippen LogP contribution is 2.35. The molecule has 108 valence electrons. The van der Waals surface area contributed by atoms with Crippen molar-refractivity contribution in [3.63, 3.8) is 0 Å². The van der Waals surface area contributed by atoms with Crippen molar-refractivity contribution < 1.29 is 4.74 Å². The molecule has 1 aromatic carbocycles. The lowest BCUT2D eigenvalue weighted by molar-refractivity contribution is 0.414. The number of thioether (sulfide) groups is 1. The first-order chi connectivity index (χ1) is 10.2. The summed E-state index contributed by atoms with van der Waals surface area (Å²) in [6, 6.07) is 8.01. The molecule has 0 fully saturated rings. The van der Waals surface area contributed by atoms with Crippen LogP contribution in [0.5, 0.6) is 5.75 Å². The van der Waals surface area contributed by atoms with Crippen LogP contribution in [0.4, 0.5) is 5.13 Å². The van der Waals surface area contributed by atoms with Gasteiger partial charge in [0, 0.05) is 5.25 Å². The van der Waals surface area contributed by atoms with Gasteiger partial charge in [0.15, 0.2) is 15.9 Å². The molecule has 2 heterocycles. The van der Waals surface area contributed by atoms with Crippen LogP contribution >= 0.6 is 23.1 Å². The highest BCUT2D eigenvalue weighted by atomic mass is 32.2. The molecule has 0 spiro atoms. The van der Waals surface area contributed by atoms with E-state index in [0.29, 0.717) is 15.9 Å². The van der Waals surface area contributed by atoms with E-state index in [9.17, 15) is 0 Å². The number of rotatable bonds is 4. The molecule has 2 aromatic heterocycles. The fourth-order valence-electron chi connectivity index (χ4n) is 1.92. The number of fused-ring (bicyclic) bond motifs is 1. The molecule has 0 aliphatic heterocycles. The average Bonchev–Trinajstić information content (AvgIpc) is 2.86. The third-order valence-electron chi connectivity index (χ3n) is 2.99. The second-order valence-electron chi connectivity index (χ2n) is 4.43. The summed E-state index contributed by atoms with van der Waals surface area (Å²) in [5.41, 5.74) is 7.51. The molecule has 3 rings (SSSR count). The number of aromatic nitrogens is 3. The number of benzene rings is 1. The Labute approximate surface area is 130 Å². The third kappa shape index (κ3) is 3.08. The van der Waals surface area contributed by atoms with E-state index in [2.05, 4.69) is 27.9 Å². The lowest BCUT2D eigenvalue weighted by Crippen LogP contribution is -1.93. The van der Waals surface area contributed by atoms with Gasteiger partial charge in [0.05, 0.1) is 18.0 Å². The molecule has 0 bridgehead atoms. The maximum Gasteiger partial charge on any atom is 0.190 e. The molecule has 0 amide bonds. The van der Waals surface area contributed by atoms with Crippen LogP contribution in [-0.2, 0) is 0 Å². The van der Waals surface area contributed by atoms with Gasteiger partial charge in [-0.05, 0) is 24.6 Å². The largest absolute Gasteiger partial charge is 0.497 e. The molecule has 1 atom stereocenters. The number of nitrogens with two attached hydrogens (primary N) is 1. The molecule has 0 aliphatic carbocycles. The molecule has 0 aliphatic rings. The Morgan fingerprint density at radius 1 is 1.33 bits per heavy atom. The van der Waals surface area contributed by atoms with Crippen molar-refractivity contribution in [2.45, 2.75) is 17.3 Å². The van der Waals surface area contributed by atoms with Crippen LogP contribution in [0.1, 0.15) is 17.7 Å². The van der Waals surface area contributed by atoms with Gasteiger partial charge in [-0.15, -0.1) is 0 Å². The Kier molecular flexibility index (Phi) is 3.94. The second-order valence-corrected chi connectivity index (χ2v) is 6.80. The summed E-state index contributed by atoms with van der Waals surface area (Å²) >= 11 is 2.98. The second kappa shape index (κ2) is 5.87. The van der Waals surface area contributed by atoms with Crippen molar-refractivity contribution in [2.75, 3.05) is 12.8 Å². The summed E-state index contributed by atoms with van der Waals surface area (Å²) in [4.78, 5) is 13.0. The standard InChI is InChI=1S/C14H14N4OS2/c1-8(9-4-3-5-10(6-9)19-2)20-14-16-7-11-12(18-14)17-13(15)21-11/h3-8H,1-2H3,(H2,15,16,17,18). The van der Waals surface area contributed by atoms with Crippen molar-refractivity contribution in [1.82, 2.24) is 15.0 Å². The Hall–Kier alpha value is -1.86. The summed E-state index contributed by atoms with van der Waals surface area (Å²) in [7, 11) is 1.67. The smallest absolute Gasteiger partial charge is 0.190 e. The number of hydrogen-bond acceptors (Lipinski definition) is 7. The van der Waals surface area contributed by atoms with Gasteiger partial charge in [-0.3, -0.25) is 0 Å². The SMILES string of the molecule is COc1cccc(C(C)Sc2ncc3sc(N)nc3n2)c1. The fraction of sp³-hybridized carbons (Fsp3) is 0.214. The van der Waals surface area contributed by atoms with E-state index in [0.717, 1.165) is 10.4 Å². The summed E-state index contributed by atoms with van der Waals surface area (Å²) in [6.45, 7) is 2.11. The molecular formula is C14H14N4OS2. The van der Waals surface area contributed by atoms with Crippen LogP contribution in [0.15, 0.2) is 35.6 Å². The first kappa shape index (κ1) is 14.1. The first-order valence-electron chi connectivity index (χ1n) is 6.35. The minimum Gasteiger partial charge on any atom is -0.497 e. The van der Waals surface area contributed by atoms with E-state index in [-0.39, 0.29) is 5.25 Å². The van der Waals surface area contributed by atoms with Gasteiger partial charge >= 0.3 is 0 Å². The zero-order chi connectivity index (χ0) is 14.8. The Morgan fingerprint density at radius 2 is 2.19 bits per heavy atom. The van der Waals surface area contributed by atoms with E-state index in [1.807, 2.05) is 18.2 Å². The van der Waals surface area contributed by atoms with Gasteiger partial charge in [0.25, 0.3) is 0 Å². The summed E-state index contributed by atoms with van der Waals surface area (Å²) in [5, 5.41) is 1.43. The molecule has 1 unspecified atom stereocenters. The van der Waals surface area contributed by atoms with E-state index in [4.69, 9.17) is 10.5 Å². The molecule has 2 N–H and O–H groups in total. The third-order valence-corrected chi connectivity index (χ3v) is 4.83. The van der Waals surface area contributed by atoms with E-state index < -0.39 is 0 Å². The van der Waals surface area contributed by atoms with Crippen LogP contribution in [0.2, 0.25) is 0 Å². The monoisotopic (exact) mass is 318 g/mol. The van der Waals surface area contributed by atoms with Crippen LogP contribution in [0.25, 0.3) is 10.3 Å². The van der Waals surface area contributed by atoms with Crippen LogP contribution in [0, 0.1) is 0 Å². The van der Waals surface area contributed by atoms with E-state index >= 15 is 0 Å². The molecule has 5 nitrogen and oxygen atoms in total. The quantitative estimate of drug-likeness (QED) is 0.586. The predicted octanol–water partition coefficient (Wildman–Crippen LogP) is 3.53. The van der Waals surface area contributed by atoms with Crippen molar-refractivity contribution in [2.24, 2.45) is 0 Å². The van der Waals surface area contributed by atoms with E-state index in [1.54, 1.807) is 25.1 Å². The van der Waals surface area contributed by atoms with Crippen LogP contribution < -0.4 is 10.5 Å². The van der Waals surface area contributed by atoms with Crippen molar-refractivity contribution in [3.05, 3.63) is 36.0 Å². The van der Waals surface area contributed by atoms with Gasteiger partial charge < -0.3 is 10.5 Å². The summed E-state index contributed by atoms with van der Waals surface area (Å²) in [6.07, 6.45) is 1.77. The molecule has 21 heavy (non-hydrogen) atoms. The van der Waals surface area contributed by atoms with Gasteiger partial charge in [0.1, 0.15) is 5.75 Å². The van der Waals surface area contributed by atoms with E-state index in [1.165, 1.54) is 16.9 Å². The molecule has 0 radical (unpaired) electrons. The van der Waals surface area contributed by atoms with Gasteiger partial charge in [0.2, 0.25) is 0 Å². The molecule has 7 heteroatoms. The van der Waals surface area contributed by atoms with Crippen LogP contribution in [0.3, 0.4) is 0 Å². The minimum atomic E-state index is 0.216. The fourth-order valence-corrected chi connectivity index (χ4v) is 3.41. The predicted molar refractivity (Wildman–Crippen MR) is 86.9 cm³/mol. The molecular weight excluding hydrogens is 304 g/mol. The topological polar surface area (TPSA) is 73.9 Å². The zero-order valence-corrected chi connectivity index (χ0v) is 13.2. The van der Waals surface area contributed by atoms with Crippen molar-refractivity contribution in [1.29, 1.82) is 0 Å². The molecule has 0 saturated carbocycles. The number of methoxy groups -OCH3 is 1. The highest BCUT2D eigenvalue weighted by Gasteiger charge is 2.12. The maximum absolute atomic E-state index is 5.68. The Morgan fingerprint density at radius 3 is 3.00 bits per heavy atom. The zero-order valence-electron chi connectivity index (χ0n) is 11.6. The average molecular weight is 318 g/mol. The highest BCUT2D eigenvalue weighted by molar-refractivity contribution is 7.99. The number of nitrogens with zero attached hydrogens (tertiary/aromatic N) is 3. The minimum absolute atomic E-state index is 0.216. The number of nitrogen functional groups attached to an aromatic ring is 1.